The summed E-state index contributed by atoms with van der Waals surface area (Å²) in [6.07, 6.45) is 31.2. The molecule has 0 atom stereocenters. The second kappa shape index (κ2) is 23.3. The predicted molar refractivity (Wildman–Crippen MR) is 223 cm³/mol. The second-order valence-corrected chi connectivity index (χ2v) is 14.9. The van der Waals surface area contributed by atoms with Gasteiger partial charge in [0.15, 0.2) is 0 Å². The SMILES string of the molecule is Cc1ccc(N(c2ccc(F)[c-]c2F)C2CCCCC2)cc1C.Cc1ccc(N(c2ccc(F)[c-]c2F)C2CCCCC2)cc1C.[C-]1=CC=CC1.[C-]1=CC=CC1.[Ti+4]. The molecule has 0 aliphatic heterocycles. The molecule has 0 saturated heterocycles. The number of nitrogens with zero attached hydrogens (tertiary/aromatic N) is 2. The van der Waals surface area contributed by atoms with Gasteiger partial charge in [-0.15, -0.1) is 49.2 Å². The van der Waals surface area contributed by atoms with Crippen LogP contribution < -0.4 is 9.80 Å². The predicted octanol–water partition coefficient (Wildman–Crippen LogP) is 14.3. The Morgan fingerprint density at radius 1 is 0.491 bits per heavy atom. The molecule has 0 spiro atoms. The average molecular weight is 807 g/mol. The van der Waals surface area contributed by atoms with Crippen molar-refractivity contribution in [1.29, 1.82) is 0 Å². The van der Waals surface area contributed by atoms with E-state index in [9.17, 15) is 17.6 Å². The van der Waals surface area contributed by atoms with Crippen LogP contribution in [0.5, 0.6) is 0 Å². The normalized spacial score (nSPS) is 15.7. The number of rotatable bonds is 6. The molecule has 4 aromatic carbocycles. The van der Waals surface area contributed by atoms with Crippen molar-refractivity contribution in [1.82, 2.24) is 0 Å². The number of hydrogen-bond acceptors (Lipinski definition) is 2. The van der Waals surface area contributed by atoms with Gasteiger partial charge < -0.3 is 9.80 Å². The summed E-state index contributed by atoms with van der Waals surface area (Å²) in [4.78, 5) is 4.08. The Bertz CT molecular complexity index is 1830. The Kier molecular flexibility index (Phi) is 18.6. The maximum atomic E-state index is 14.4. The van der Waals surface area contributed by atoms with Gasteiger partial charge in [0.2, 0.25) is 0 Å². The first-order valence-corrected chi connectivity index (χ1v) is 20.0. The molecule has 0 aromatic heterocycles. The number of halogens is 4. The molecule has 0 unspecified atom stereocenters. The topological polar surface area (TPSA) is 6.48 Å². The van der Waals surface area contributed by atoms with E-state index in [1.807, 2.05) is 46.2 Å². The second-order valence-electron chi connectivity index (χ2n) is 14.9. The Hall–Kier alpha value is -4.13. The van der Waals surface area contributed by atoms with Crippen molar-refractivity contribution in [2.75, 3.05) is 9.80 Å². The van der Waals surface area contributed by atoms with Gasteiger partial charge in [-0.1, -0.05) is 50.7 Å². The van der Waals surface area contributed by atoms with Crippen LogP contribution in [0.25, 0.3) is 0 Å². The Morgan fingerprint density at radius 3 is 1.16 bits per heavy atom. The van der Waals surface area contributed by atoms with Crippen molar-refractivity contribution in [2.24, 2.45) is 0 Å². The summed E-state index contributed by atoms with van der Waals surface area (Å²) in [6, 6.07) is 22.9. The third-order valence-electron chi connectivity index (χ3n) is 10.8. The summed E-state index contributed by atoms with van der Waals surface area (Å²) in [7, 11) is 0. The third kappa shape index (κ3) is 13.5. The molecule has 4 aromatic rings. The fourth-order valence-corrected chi connectivity index (χ4v) is 7.45. The zero-order valence-corrected chi connectivity index (χ0v) is 35.3. The van der Waals surface area contributed by atoms with Crippen LogP contribution in [0.2, 0.25) is 0 Å². The van der Waals surface area contributed by atoms with Crippen LogP contribution in [0.1, 0.15) is 99.3 Å². The molecule has 7 heteroatoms. The van der Waals surface area contributed by atoms with Gasteiger partial charge in [-0.2, -0.15) is 12.2 Å². The van der Waals surface area contributed by atoms with E-state index in [1.54, 1.807) is 0 Å². The van der Waals surface area contributed by atoms with Gasteiger partial charge in [0.05, 0.1) is 0 Å². The summed E-state index contributed by atoms with van der Waals surface area (Å²) < 4.78 is 55.3. The first-order chi connectivity index (χ1) is 27.1. The minimum atomic E-state index is -0.657. The zero-order valence-electron chi connectivity index (χ0n) is 33.8. The van der Waals surface area contributed by atoms with Crippen LogP contribution in [0.15, 0.2) is 97.1 Å². The van der Waals surface area contributed by atoms with Gasteiger partial charge >= 0.3 is 21.7 Å². The zero-order chi connectivity index (χ0) is 39.9. The van der Waals surface area contributed by atoms with E-state index in [-0.39, 0.29) is 33.8 Å². The minimum absolute atomic E-state index is 0. The monoisotopic (exact) mass is 806 g/mol. The minimum Gasteiger partial charge on any atom is -0.390 e. The first kappa shape index (κ1) is 45.6. The van der Waals surface area contributed by atoms with Crippen molar-refractivity contribution in [3.8, 4) is 0 Å². The summed E-state index contributed by atoms with van der Waals surface area (Å²) in [5.74, 6) is -2.55. The van der Waals surface area contributed by atoms with Crippen molar-refractivity contribution in [3.63, 3.8) is 0 Å². The molecule has 0 amide bonds. The molecular formula is C50H54F4N2Ti. The van der Waals surface area contributed by atoms with E-state index in [2.05, 4.69) is 88.4 Å². The number of hydrogen-bond donors (Lipinski definition) is 0. The van der Waals surface area contributed by atoms with Gasteiger partial charge in [0.25, 0.3) is 0 Å². The van der Waals surface area contributed by atoms with E-state index in [4.69, 9.17) is 0 Å². The van der Waals surface area contributed by atoms with E-state index >= 15 is 0 Å². The number of anilines is 4. The molecule has 57 heavy (non-hydrogen) atoms. The van der Waals surface area contributed by atoms with Crippen LogP contribution in [-0.2, 0) is 21.7 Å². The van der Waals surface area contributed by atoms with E-state index < -0.39 is 23.3 Å². The fourth-order valence-electron chi connectivity index (χ4n) is 7.45. The number of benzene rings is 4. The van der Waals surface area contributed by atoms with Gasteiger partial charge in [-0.25, -0.2) is 41.9 Å². The average Bonchev–Trinajstić information content (AvgIpc) is 3.99. The Labute approximate surface area is 354 Å². The van der Waals surface area contributed by atoms with E-state index in [0.29, 0.717) is 11.4 Å². The van der Waals surface area contributed by atoms with Gasteiger partial charge in [0.1, 0.15) is 0 Å². The summed E-state index contributed by atoms with van der Waals surface area (Å²) in [6.45, 7) is 8.25. The molecule has 8 rings (SSSR count). The van der Waals surface area contributed by atoms with Crippen LogP contribution >= 0.6 is 0 Å². The smallest absolute Gasteiger partial charge is 0.390 e. The first-order valence-electron chi connectivity index (χ1n) is 20.0. The van der Waals surface area contributed by atoms with Crippen LogP contribution in [0, 0.1) is 75.2 Å². The summed E-state index contributed by atoms with van der Waals surface area (Å²) in [5.41, 5.74) is 7.55. The van der Waals surface area contributed by atoms with Crippen LogP contribution in [0.4, 0.5) is 40.3 Å². The quantitative estimate of drug-likeness (QED) is 0.109. The molecule has 0 heterocycles. The Morgan fingerprint density at radius 2 is 0.877 bits per heavy atom. The molecule has 4 aliphatic carbocycles. The van der Waals surface area contributed by atoms with Crippen molar-refractivity contribution in [3.05, 3.63) is 167 Å². The molecule has 2 saturated carbocycles. The van der Waals surface area contributed by atoms with Crippen LogP contribution in [-0.4, -0.2) is 12.1 Å². The summed E-state index contributed by atoms with van der Waals surface area (Å²) >= 11 is 0. The molecule has 0 radical (unpaired) electrons. The Balaban J connectivity index is 0.000000200. The maximum absolute atomic E-state index is 14.4. The van der Waals surface area contributed by atoms with Crippen molar-refractivity contribution < 1.29 is 39.3 Å². The molecular weight excluding hydrogens is 752 g/mol. The number of aryl methyl sites for hydroxylation is 4. The molecule has 296 valence electrons. The summed E-state index contributed by atoms with van der Waals surface area (Å²) in [5, 5.41) is 0. The van der Waals surface area contributed by atoms with Gasteiger partial charge in [-0.3, -0.25) is 12.2 Å². The fraction of sp³-hybridized carbons (Fsp3) is 0.360. The van der Waals surface area contributed by atoms with Crippen molar-refractivity contribution in [2.45, 2.75) is 117 Å². The standard InChI is InChI=1S/2C20H22F2N.2C5H5.Ti/c2*1-14-8-10-18(12-15(14)2)23(17-6-4-3-5-7-17)20-11-9-16(21)13-19(20)22;2*1-2-4-5-3-1;/h2*8-12,17H,3-7H2,1-2H3;2*1-3H,4H2;/q4*-1;+4. The van der Waals surface area contributed by atoms with Gasteiger partial charge in [-0.05, 0) is 111 Å². The third-order valence-corrected chi connectivity index (χ3v) is 10.8. The number of allylic oxidation sites excluding steroid dienone is 8. The molecule has 0 bridgehead atoms. The van der Waals surface area contributed by atoms with Gasteiger partial charge in [0, 0.05) is 46.7 Å². The van der Waals surface area contributed by atoms with Crippen LogP contribution in [0.3, 0.4) is 0 Å². The van der Waals surface area contributed by atoms with Crippen molar-refractivity contribution >= 4 is 22.7 Å². The molecule has 4 aliphatic rings. The molecule has 2 nitrogen and oxygen atoms in total. The van der Waals surface area contributed by atoms with E-state index in [0.717, 1.165) is 75.6 Å². The molecule has 2 fully saturated rings. The largest absolute Gasteiger partial charge is 4.00 e. The van der Waals surface area contributed by atoms with E-state index in [1.165, 1.54) is 59.4 Å². The molecule has 0 N–H and O–H groups in total. The maximum Gasteiger partial charge on any atom is 4.00 e.